The number of aromatic carboxylic acids is 1. The van der Waals surface area contributed by atoms with Gasteiger partial charge in [-0.2, -0.15) is 0 Å². The van der Waals surface area contributed by atoms with Crippen LogP contribution in [0.25, 0.3) is 33.8 Å². The van der Waals surface area contributed by atoms with Gasteiger partial charge in [-0.3, -0.25) is 0 Å². The van der Waals surface area contributed by atoms with Crippen LogP contribution in [0.1, 0.15) is 27.3 Å². The van der Waals surface area contributed by atoms with Crippen molar-refractivity contribution >= 4 is 52.2 Å². The lowest BCUT2D eigenvalue weighted by Crippen LogP contribution is -2.09. The van der Waals surface area contributed by atoms with E-state index >= 15 is 0 Å². The molecule has 3 N–H and O–H groups in total. The summed E-state index contributed by atoms with van der Waals surface area (Å²) in [5.41, 5.74) is 3.59. The molecule has 0 saturated carbocycles. The van der Waals surface area contributed by atoms with Crippen molar-refractivity contribution in [3.8, 4) is 0 Å². The largest absolute Gasteiger partial charge is 0.478 e. The molecule has 2 aromatic carbocycles. The standard InChI is InChI=1S/C22H19N3O2.ClH/c1-23-13-19-20(22(26)27)17-10-8-15-12-24-16(11-18(15)21(17)25-19)9-7-14-5-3-2-4-6-14;/h2-12,23-24H,13H2,1H3,(H,26,27);1H/b9-7+;. The first-order chi connectivity index (χ1) is 13.2. The molecule has 4 rings (SSSR count). The minimum Gasteiger partial charge on any atom is -0.478 e. The van der Waals surface area contributed by atoms with E-state index in [-0.39, 0.29) is 18.0 Å². The summed E-state index contributed by atoms with van der Waals surface area (Å²) in [6.45, 7) is 0.414. The normalized spacial score (nSPS) is 11.2. The number of hydrogen-bond acceptors (Lipinski definition) is 3. The lowest BCUT2D eigenvalue weighted by molar-refractivity contribution is 0.0698. The molecule has 4 aromatic rings. The predicted molar refractivity (Wildman–Crippen MR) is 116 cm³/mol. The summed E-state index contributed by atoms with van der Waals surface area (Å²) in [7, 11) is 1.78. The molecular weight excluding hydrogens is 374 g/mol. The first-order valence-corrected chi connectivity index (χ1v) is 8.72. The number of carboxylic acids is 1. The Morgan fingerprint density at radius 1 is 1.14 bits per heavy atom. The molecule has 0 radical (unpaired) electrons. The van der Waals surface area contributed by atoms with E-state index < -0.39 is 5.97 Å². The first-order valence-electron chi connectivity index (χ1n) is 8.72. The van der Waals surface area contributed by atoms with E-state index in [0.29, 0.717) is 17.6 Å². The molecule has 0 fully saturated rings. The zero-order valence-corrected chi connectivity index (χ0v) is 16.1. The zero-order valence-electron chi connectivity index (χ0n) is 15.3. The molecule has 2 aromatic heterocycles. The number of carboxylic acid groups (broad SMARTS) is 1. The molecule has 2 heterocycles. The Balaban J connectivity index is 0.00000225. The van der Waals surface area contributed by atoms with Crippen LogP contribution >= 0.6 is 12.4 Å². The van der Waals surface area contributed by atoms with Crippen molar-refractivity contribution in [2.24, 2.45) is 0 Å². The number of H-pyrrole nitrogens is 1. The van der Waals surface area contributed by atoms with Gasteiger partial charge in [0.05, 0.1) is 16.8 Å². The highest BCUT2D eigenvalue weighted by Gasteiger charge is 2.19. The Labute approximate surface area is 168 Å². The van der Waals surface area contributed by atoms with E-state index in [1.807, 2.05) is 66.9 Å². The van der Waals surface area contributed by atoms with Gasteiger partial charge in [0, 0.05) is 29.2 Å². The molecule has 0 spiro atoms. The summed E-state index contributed by atoms with van der Waals surface area (Å²) >= 11 is 0. The van der Waals surface area contributed by atoms with Crippen LogP contribution in [0.15, 0.2) is 54.7 Å². The molecule has 28 heavy (non-hydrogen) atoms. The van der Waals surface area contributed by atoms with Crippen LogP contribution < -0.4 is 5.32 Å². The van der Waals surface area contributed by atoms with Gasteiger partial charge in [-0.1, -0.05) is 48.5 Å². The first kappa shape index (κ1) is 19.6. The minimum absolute atomic E-state index is 0. The van der Waals surface area contributed by atoms with E-state index in [1.54, 1.807) is 7.05 Å². The van der Waals surface area contributed by atoms with Gasteiger partial charge < -0.3 is 15.4 Å². The molecule has 6 heteroatoms. The average molecular weight is 394 g/mol. The van der Waals surface area contributed by atoms with Gasteiger partial charge in [0.2, 0.25) is 0 Å². The average Bonchev–Trinajstić information content (AvgIpc) is 3.06. The lowest BCUT2D eigenvalue weighted by atomic mass is 10.1. The highest BCUT2D eigenvalue weighted by atomic mass is 35.5. The molecule has 0 aliphatic carbocycles. The number of benzene rings is 2. The van der Waals surface area contributed by atoms with Gasteiger partial charge in [0.25, 0.3) is 0 Å². The van der Waals surface area contributed by atoms with Gasteiger partial charge in [0.1, 0.15) is 0 Å². The Hall–Kier alpha value is -3.15. The fourth-order valence-corrected chi connectivity index (χ4v) is 3.31. The Morgan fingerprint density at radius 3 is 2.64 bits per heavy atom. The van der Waals surface area contributed by atoms with Crippen LogP contribution in [-0.4, -0.2) is 28.1 Å². The second-order valence-corrected chi connectivity index (χ2v) is 6.37. The monoisotopic (exact) mass is 393 g/mol. The van der Waals surface area contributed by atoms with Crippen molar-refractivity contribution < 1.29 is 9.90 Å². The van der Waals surface area contributed by atoms with Crippen molar-refractivity contribution in [3.05, 3.63) is 77.2 Å². The van der Waals surface area contributed by atoms with E-state index in [0.717, 1.165) is 27.5 Å². The van der Waals surface area contributed by atoms with Gasteiger partial charge in [0.15, 0.2) is 0 Å². The van der Waals surface area contributed by atoms with E-state index in [2.05, 4.69) is 15.3 Å². The molecule has 0 amide bonds. The summed E-state index contributed by atoms with van der Waals surface area (Å²) in [6, 6.07) is 15.8. The Bertz CT molecular complexity index is 1170. The highest BCUT2D eigenvalue weighted by molar-refractivity contribution is 6.13. The lowest BCUT2D eigenvalue weighted by Gasteiger charge is -2.03. The molecule has 0 atom stereocenters. The van der Waals surface area contributed by atoms with Gasteiger partial charge in [-0.05, 0) is 30.1 Å². The molecule has 0 aliphatic heterocycles. The van der Waals surface area contributed by atoms with Crippen molar-refractivity contribution in [2.75, 3.05) is 7.05 Å². The van der Waals surface area contributed by atoms with Crippen molar-refractivity contribution in [3.63, 3.8) is 0 Å². The number of carbonyl (C=O) groups is 1. The number of nitrogens with one attached hydrogen (secondary N) is 2. The fourth-order valence-electron chi connectivity index (χ4n) is 3.31. The van der Waals surface area contributed by atoms with Crippen LogP contribution in [0.3, 0.4) is 0 Å². The van der Waals surface area contributed by atoms with Crippen molar-refractivity contribution in [1.82, 2.24) is 15.3 Å². The van der Waals surface area contributed by atoms with E-state index in [4.69, 9.17) is 0 Å². The number of halogens is 1. The number of aromatic amines is 1. The third-order valence-electron chi connectivity index (χ3n) is 4.56. The summed E-state index contributed by atoms with van der Waals surface area (Å²) in [6.07, 6.45) is 5.96. The number of fused-ring (bicyclic) bond motifs is 3. The van der Waals surface area contributed by atoms with Crippen LogP contribution in [0.4, 0.5) is 0 Å². The topological polar surface area (TPSA) is 78.0 Å². The highest BCUT2D eigenvalue weighted by Crippen LogP contribution is 2.30. The van der Waals surface area contributed by atoms with Gasteiger partial charge >= 0.3 is 5.97 Å². The molecular formula is C22H20ClN3O2. The van der Waals surface area contributed by atoms with E-state index in [9.17, 15) is 9.90 Å². The fraction of sp³-hybridized carbons (Fsp3) is 0.0909. The third kappa shape index (κ3) is 3.63. The summed E-state index contributed by atoms with van der Waals surface area (Å²) in [5, 5.41) is 15.2. The molecule has 142 valence electrons. The molecule has 0 unspecified atom stereocenters. The minimum atomic E-state index is -0.950. The predicted octanol–water partition coefficient (Wildman–Crippen LogP) is 4.73. The Morgan fingerprint density at radius 2 is 1.93 bits per heavy atom. The van der Waals surface area contributed by atoms with Crippen molar-refractivity contribution in [1.29, 1.82) is 0 Å². The number of nitrogens with zero attached hydrogens (tertiary/aromatic N) is 1. The van der Waals surface area contributed by atoms with Gasteiger partial charge in [-0.15, -0.1) is 12.4 Å². The summed E-state index contributed by atoms with van der Waals surface area (Å²) < 4.78 is 0. The number of rotatable bonds is 5. The summed E-state index contributed by atoms with van der Waals surface area (Å²) in [5.74, 6) is -0.950. The Kier molecular flexibility index (Phi) is 5.78. The number of pyridine rings is 1. The molecule has 0 saturated heterocycles. The second-order valence-electron chi connectivity index (χ2n) is 6.37. The molecule has 0 bridgehead atoms. The maximum atomic E-state index is 11.7. The maximum absolute atomic E-state index is 11.7. The van der Waals surface area contributed by atoms with Crippen LogP contribution in [0.2, 0.25) is 0 Å². The number of hydrogen-bond donors (Lipinski definition) is 3. The van der Waals surface area contributed by atoms with Crippen LogP contribution in [-0.2, 0) is 6.54 Å². The van der Waals surface area contributed by atoms with Crippen molar-refractivity contribution in [2.45, 2.75) is 6.54 Å². The quantitative estimate of drug-likeness (QED) is 0.458. The smallest absolute Gasteiger partial charge is 0.338 e. The molecule has 0 aliphatic rings. The molecule has 5 nitrogen and oxygen atoms in total. The third-order valence-corrected chi connectivity index (χ3v) is 4.56. The van der Waals surface area contributed by atoms with Gasteiger partial charge in [-0.25, -0.2) is 9.78 Å². The maximum Gasteiger partial charge on any atom is 0.338 e. The van der Waals surface area contributed by atoms with Crippen LogP contribution in [0.5, 0.6) is 0 Å². The SMILES string of the molecule is CNCc1nc2c(ccc3c[nH]c(/C=C/c4ccccc4)cc32)c1C(=O)O.Cl. The number of aromatic nitrogens is 2. The second kappa shape index (κ2) is 8.25. The summed E-state index contributed by atoms with van der Waals surface area (Å²) in [4.78, 5) is 19.7. The zero-order chi connectivity index (χ0) is 18.8. The van der Waals surface area contributed by atoms with Crippen LogP contribution in [0, 0.1) is 0 Å². The van der Waals surface area contributed by atoms with E-state index in [1.165, 1.54) is 0 Å².